The van der Waals surface area contributed by atoms with Gasteiger partial charge in [0.2, 0.25) is 0 Å². The zero-order valence-electron chi connectivity index (χ0n) is 14.5. The number of fused-ring (bicyclic) bond motifs is 1. The molecular formula is C17H23N5O3. The van der Waals surface area contributed by atoms with E-state index in [0.29, 0.717) is 18.0 Å². The Bertz CT molecular complexity index is 909. The lowest BCUT2D eigenvalue weighted by molar-refractivity contribution is 0.0950. The van der Waals surface area contributed by atoms with Crippen molar-refractivity contribution in [1.82, 2.24) is 24.8 Å². The van der Waals surface area contributed by atoms with Gasteiger partial charge in [-0.25, -0.2) is 9.78 Å². The van der Waals surface area contributed by atoms with E-state index in [1.54, 1.807) is 7.05 Å². The van der Waals surface area contributed by atoms with Gasteiger partial charge in [-0.1, -0.05) is 0 Å². The van der Waals surface area contributed by atoms with Crippen LogP contribution in [0.25, 0.3) is 11.0 Å². The predicted octanol–water partition coefficient (Wildman–Crippen LogP) is -0.248. The third kappa shape index (κ3) is 3.48. The lowest BCUT2D eigenvalue weighted by atomic mass is 9.96. The van der Waals surface area contributed by atoms with Crippen molar-refractivity contribution in [3.8, 4) is 0 Å². The van der Waals surface area contributed by atoms with E-state index in [4.69, 9.17) is 0 Å². The number of piperidine rings is 1. The van der Waals surface area contributed by atoms with Crippen LogP contribution in [0.5, 0.6) is 0 Å². The highest BCUT2D eigenvalue weighted by Crippen LogP contribution is 2.13. The number of hydrogen-bond acceptors (Lipinski definition) is 5. The molecule has 0 spiro atoms. The van der Waals surface area contributed by atoms with Crippen LogP contribution in [0.1, 0.15) is 29.6 Å². The van der Waals surface area contributed by atoms with Gasteiger partial charge >= 0.3 is 5.69 Å². The zero-order valence-corrected chi connectivity index (χ0v) is 14.5. The van der Waals surface area contributed by atoms with E-state index in [-0.39, 0.29) is 16.9 Å². The Labute approximate surface area is 144 Å². The summed E-state index contributed by atoms with van der Waals surface area (Å²) >= 11 is 0. The molecule has 2 aromatic heterocycles. The first-order valence-electron chi connectivity index (χ1n) is 8.53. The maximum atomic E-state index is 12.3. The second-order valence-corrected chi connectivity index (χ2v) is 6.56. The molecule has 2 aromatic rings. The van der Waals surface area contributed by atoms with Crippen LogP contribution in [-0.2, 0) is 14.1 Å². The summed E-state index contributed by atoms with van der Waals surface area (Å²) in [6.07, 6.45) is 4.69. The summed E-state index contributed by atoms with van der Waals surface area (Å²) < 4.78 is 2.32. The van der Waals surface area contributed by atoms with Crippen molar-refractivity contribution < 1.29 is 4.79 Å². The molecule has 0 radical (unpaired) electrons. The molecule has 1 aliphatic heterocycles. The standard InChI is InChI=1S/C17H23N5O3/c1-21-14-13(16(24)22(2)17(21)25)8-12(10-20-14)15(23)19-7-5-11-4-3-6-18-9-11/h8,10-11,18H,3-7,9H2,1-2H3,(H,19,23). The van der Waals surface area contributed by atoms with Crippen LogP contribution in [-0.4, -0.2) is 39.7 Å². The van der Waals surface area contributed by atoms with Crippen molar-refractivity contribution in [2.75, 3.05) is 19.6 Å². The van der Waals surface area contributed by atoms with E-state index >= 15 is 0 Å². The monoisotopic (exact) mass is 345 g/mol. The fourth-order valence-corrected chi connectivity index (χ4v) is 3.25. The van der Waals surface area contributed by atoms with Gasteiger partial charge in [0.25, 0.3) is 11.5 Å². The van der Waals surface area contributed by atoms with Gasteiger partial charge in [-0.15, -0.1) is 0 Å². The van der Waals surface area contributed by atoms with Gasteiger partial charge in [-0.3, -0.25) is 18.7 Å². The maximum absolute atomic E-state index is 12.3. The van der Waals surface area contributed by atoms with Crippen LogP contribution in [0, 0.1) is 5.92 Å². The minimum Gasteiger partial charge on any atom is -0.352 e. The minimum atomic E-state index is -0.450. The molecule has 2 N–H and O–H groups in total. The number of aryl methyl sites for hydroxylation is 1. The highest BCUT2D eigenvalue weighted by Gasteiger charge is 2.15. The normalized spacial score (nSPS) is 17.6. The first-order valence-corrected chi connectivity index (χ1v) is 8.53. The number of aromatic nitrogens is 3. The molecule has 3 rings (SSSR count). The van der Waals surface area contributed by atoms with Crippen molar-refractivity contribution in [2.24, 2.45) is 20.0 Å². The van der Waals surface area contributed by atoms with E-state index in [2.05, 4.69) is 15.6 Å². The smallest absolute Gasteiger partial charge is 0.332 e. The van der Waals surface area contributed by atoms with Gasteiger partial charge < -0.3 is 10.6 Å². The largest absolute Gasteiger partial charge is 0.352 e. The molecule has 0 saturated carbocycles. The molecular weight excluding hydrogens is 322 g/mol. The predicted molar refractivity (Wildman–Crippen MR) is 94.8 cm³/mol. The third-order valence-corrected chi connectivity index (χ3v) is 4.79. The van der Waals surface area contributed by atoms with Gasteiger partial charge in [0.1, 0.15) is 5.65 Å². The highest BCUT2D eigenvalue weighted by atomic mass is 16.2. The van der Waals surface area contributed by atoms with E-state index in [1.165, 1.54) is 36.7 Å². The molecule has 1 fully saturated rings. The van der Waals surface area contributed by atoms with Crippen LogP contribution >= 0.6 is 0 Å². The van der Waals surface area contributed by atoms with Gasteiger partial charge in [-0.2, -0.15) is 0 Å². The summed E-state index contributed by atoms with van der Waals surface area (Å²) in [6.45, 7) is 2.66. The SMILES string of the molecule is Cn1c(=O)c2cc(C(=O)NCCC3CCCNC3)cnc2n(C)c1=O. The quantitative estimate of drug-likeness (QED) is 0.796. The van der Waals surface area contributed by atoms with Gasteiger partial charge in [0.15, 0.2) is 0 Å². The number of hydrogen-bond donors (Lipinski definition) is 2. The fourth-order valence-electron chi connectivity index (χ4n) is 3.25. The molecule has 25 heavy (non-hydrogen) atoms. The number of rotatable bonds is 4. The van der Waals surface area contributed by atoms with Gasteiger partial charge in [0, 0.05) is 26.8 Å². The number of pyridine rings is 1. The second kappa shape index (κ2) is 7.18. The molecule has 8 heteroatoms. The van der Waals surface area contributed by atoms with Crippen molar-refractivity contribution in [1.29, 1.82) is 0 Å². The van der Waals surface area contributed by atoms with E-state index in [9.17, 15) is 14.4 Å². The van der Waals surface area contributed by atoms with Crippen molar-refractivity contribution >= 4 is 16.9 Å². The topological polar surface area (TPSA) is 98.0 Å². The average molecular weight is 345 g/mol. The summed E-state index contributed by atoms with van der Waals surface area (Å²) in [7, 11) is 2.96. The zero-order chi connectivity index (χ0) is 18.0. The number of nitrogens with zero attached hydrogens (tertiary/aromatic N) is 3. The Morgan fingerprint density at radius 2 is 2.16 bits per heavy atom. The lowest BCUT2D eigenvalue weighted by Gasteiger charge is -2.22. The molecule has 0 aromatic carbocycles. The molecule has 0 aliphatic carbocycles. The summed E-state index contributed by atoms with van der Waals surface area (Å²) in [5.41, 5.74) is -0.292. The van der Waals surface area contributed by atoms with Crippen LogP contribution in [0.4, 0.5) is 0 Å². The van der Waals surface area contributed by atoms with Crippen molar-refractivity contribution in [3.63, 3.8) is 0 Å². The average Bonchev–Trinajstić information content (AvgIpc) is 2.65. The number of carbonyl (C=O) groups excluding carboxylic acids is 1. The molecule has 0 bridgehead atoms. The van der Waals surface area contributed by atoms with Crippen molar-refractivity contribution in [3.05, 3.63) is 38.7 Å². The second-order valence-electron chi connectivity index (χ2n) is 6.56. The number of carbonyl (C=O) groups is 1. The highest BCUT2D eigenvalue weighted by molar-refractivity contribution is 5.96. The Morgan fingerprint density at radius 3 is 2.88 bits per heavy atom. The van der Waals surface area contributed by atoms with Crippen LogP contribution in [0.3, 0.4) is 0 Å². The molecule has 1 aliphatic rings. The Balaban J connectivity index is 1.76. The summed E-state index contributed by atoms with van der Waals surface area (Å²) in [5, 5.41) is 6.50. The maximum Gasteiger partial charge on any atom is 0.332 e. The van der Waals surface area contributed by atoms with Gasteiger partial charge in [-0.05, 0) is 44.3 Å². The first-order chi connectivity index (χ1) is 12.0. The van der Waals surface area contributed by atoms with E-state index in [0.717, 1.165) is 24.1 Å². The molecule has 1 unspecified atom stereocenters. The van der Waals surface area contributed by atoms with Crippen LogP contribution in [0.15, 0.2) is 21.9 Å². The molecule has 3 heterocycles. The summed E-state index contributed by atoms with van der Waals surface area (Å²) in [4.78, 5) is 40.7. The molecule has 1 atom stereocenters. The summed E-state index contributed by atoms with van der Waals surface area (Å²) in [6, 6.07) is 1.50. The molecule has 1 amide bonds. The molecule has 8 nitrogen and oxygen atoms in total. The lowest BCUT2D eigenvalue weighted by Crippen LogP contribution is -2.37. The van der Waals surface area contributed by atoms with E-state index in [1.807, 2.05) is 0 Å². The van der Waals surface area contributed by atoms with Crippen LogP contribution in [0.2, 0.25) is 0 Å². The van der Waals surface area contributed by atoms with E-state index < -0.39 is 11.2 Å². The van der Waals surface area contributed by atoms with Crippen LogP contribution < -0.4 is 21.9 Å². The summed E-state index contributed by atoms with van der Waals surface area (Å²) in [5.74, 6) is 0.333. The molecule has 1 saturated heterocycles. The van der Waals surface area contributed by atoms with Gasteiger partial charge in [0.05, 0.1) is 10.9 Å². The van der Waals surface area contributed by atoms with Crippen molar-refractivity contribution in [2.45, 2.75) is 19.3 Å². The Hall–Kier alpha value is -2.48. The third-order valence-electron chi connectivity index (χ3n) is 4.79. The first kappa shape index (κ1) is 17.3. The molecule has 134 valence electrons. The Kier molecular flexibility index (Phi) is 4.98. The minimum absolute atomic E-state index is 0.255. The number of nitrogens with one attached hydrogen (secondary N) is 2. The Morgan fingerprint density at radius 1 is 1.36 bits per heavy atom. The number of amides is 1. The fraction of sp³-hybridized carbons (Fsp3) is 0.529.